The molecule has 2 aromatic heterocycles. The summed E-state index contributed by atoms with van der Waals surface area (Å²) < 4.78 is 3.37. The number of aromatic nitrogens is 4. The summed E-state index contributed by atoms with van der Waals surface area (Å²) in [5.74, 6) is 1.22. The molecule has 4 rings (SSSR count). The lowest BCUT2D eigenvalue weighted by molar-refractivity contribution is 0.431. The molecule has 3 heterocycles. The minimum atomic E-state index is -0.0395. The van der Waals surface area contributed by atoms with Crippen LogP contribution in [0.3, 0.4) is 0 Å². The average molecular weight is 369 g/mol. The van der Waals surface area contributed by atoms with Gasteiger partial charge in [0.05, 0.1) is 12.2 Å². The smallest absolute Gasteiger partial charge is 0.316 e. The molecular weight excluding hydrogens is 346 g/mol. The van der Waals surface area contributed by atoms with Gasteiger partial charge in [0.25, 0.3) is 0 Å². The molecule has 0 unspecified atom stereocenters. The number of hydrogen-bond donors (Lipinski definition) is 1. The highest BCUT2D eigenvalue weighted by molar-refractivity contribution is 7.13. The van der Waals surface area contributed by atoms with Gasteiger partial charge in [-0.05, 0) is 26.3 Å². The zero-order valence-electron chi connectivity index (χ0n) is 14.9. The van der Waals surface area contributed by atoms with Crippen molar-refractivity contribution in [3.8, 4) is 10.6 Å². The molecule has 1 N–H and O–H groups in total. The Bertz CT molecular complexity index is 921. The molecule has 0 saturated carbocycles. The number of nitrogens with zero attached hydrogens (tertiary/aromatic N) is 4. The second-order valence-electron chi connectivity index (χ2n) is 6.60. The summed E-state index contributed by atoms with van der Waals surface area (Å²) >= 11 is 1.60. The normalized spacial score (nSPS) is 17.5. The first-order chi connectivity index (χ1) is 12.8. The number of thiazole rings is 1. The van der Waals surface area contributed by atoms with Gasteiger partial charge in [-0.2, -0.15) is 5.10 Å². The van der Waals surface area contributed by atoms with Crippen LogP contribution in [0.1, 0.15) is 37.2 Å². The Morgan fingerprint density at radius 1 is 1.31 bits per heavy atom. The van der Waals surface area contributed by atoms with Crippen LogP contribution in [0, 0.1) is 0 Å². The zero-order valence-corrected chi connectivity index (χ0v) is 15.7. The van der Waals surface area contributed by atoms with E-state index in [0.29, 0.717) is 19.0 Å². The van der Waals surface area contributed by atoms with Crippen LogP contribution in [0.15, 0.2) is 40.5 Å². The summed E-state index contributed by atoms with van der Waals surface area (Å²) in [4.78, 5) is 17.5. The largest absolute Gasteiger partial charge is 0.346 e. The predicted octanol–water partition coefficient (Wildman–Crippen LogP) is 2.70. The van der Waals surface area contributed by atoms with E-state index in [1.165, 1.54) is 0 Å². The first-order valence-electron chi connectivity index (χ1n) is 9.14. The Morgan fingerprint density at radius 2 is 2.15 bits per heavy atom. The van der Waals surface area contributed by atoms with Gasteiger partial charge in [-0.3, -0.25) is 4.57 Å². The molecule has 1 aliphatic rings. The molecule has 3 aromatic rings. The number of nitrogens with one attached hydrogen (secondary N) is 1. The SMILES string of the molecule is CCn1c([C@@H]2CCCNC2)nn(Cc2csc(-c3ccccc3)n2)c1=O. The molecule has 0 bridgehead atoms. The number of benzene rings is 1. The van der Waals surface area contributed by atoms with Crippen molar-refractivity contribution in [3.63, 3.8) is 0 Å². The molecule has 0 aliphatic carbocycles. The van der Waals surface area contributed by atoms with Crippen LogP contribution in [-0.2, 0) is 13.1 Å². The molecule has 1 fully saturated rings. The van der Waals surface area contributed by atoms with Crippen molar-refractivity contribution in [2.75, 3.05) is 13.1 Å². The van der Waals surface area contributed by atoms with Crippen LogP contribution < -0.4 is 11.0 Å². The van der Waals surface area contributed by atoms with E-state index in [4.69, 9.17) is 4.98 Å². The average Bonchev–Trinajstić information content (AvgIpc) is 3.28. The lowest BCUT2D eigenvalue weighted by Gasteiger charge is -2.21. The van der Waals surface area contributed by atoms with Gasteiger partial charge in [-0.25, -0.2) is 14.5 Å². The van der Waals surface area contributed by atoms with Crippen LogP contribution in [-0.4, -0.2) is 32.4 Å². The highest BCUT2D eigenvalue weighted by Crippen LogP contribution is 2.24. The van der Waals surface area contributed by atoms with Crippen molar-refractivity contribution < 1.29 is 0 Å². The summed E-state index contributed by atoms with van der Waals surface area (Å²) in [7, 11) is 0. The fraction of sp³-hybridized carbons (Fsp3) is 0.421. The van der Waals surface area contributed by atoms with E-state index in [9.17, 15) is 4.79 Å². The molecule has 26 heavy (non-hydrogen) atoms. The van der Waals surface area contributed by atoms with Gasteiger partial charge in [-0.1, -0.05) is 30.3 Å². The predicted molar refractivity (Wildman–Crippen MR) is 104 cm³/mol. The molecule has 6 nitrogen and oxygen atoms in total. The van der Waals surface area contributed by atoms with Gasteiger partial charge >= 0.3 is 5.69 Å². The summed E-state index contributed by atoms with van der Waals surface area (Å²) in [5.41, 5.74) is 1.94. The molecule has 136 valence electrons. The van der Waals surface area contributed by atoms with Crippen LogP contribution >= 0.6 is 11.3 Å². The van der Waals surface area contributed by atoms with Gasteiger partial charge in [-0.15, -0.1) is 11.3 Å². The second-order valence-corrected chi connectivity index (χ2v) is 7.45. The molecule has 0 radical (unpaired) electrons. The highest BCUT2D eigenvalue weighted by atomic mass is 32.1. The molecule has 0 amide bonds. The van der Waals surface area contributed by atoms with E-state index in [0.717, 1.165) is 48.0 Å². The Morgan fingerprint density at radius 3 is 2.88 bits per heavy atom. The fourth-order valence-corrected chi connectivity index (χ4v) is 4.30. The standard InChI is InChI=1S/C19H23N5OS/c1-2-23-17(15-9-6-10-20-11-15)22-24(19(23)25)12-16-13-26-18(21-16)14-7-4-3-5-8-14/h3-5,7-8,13,15,20H,2,6,9-12H2,1H3/t15-/m1/s1. The minimum absolute atomic E-state index is 0.0395. The molecule has 7 heteroatoms. The van der Waals surface area contributed by atoms with Gasteiger partial charge in [0.2, 0.25) is 0 Å². The van der Waals surface area contributed by atoms with Crippen molar-refractivity contribution >= 4 is 11.3 Å². The van der Waals surface area contributed by atoms with Crippen molar-refractivity contribution in [1.29, 1.82) is 0 Å². The summed E-state index contributed by atoms with van der Waals surface area (Å²) in [6, 6.07) is 10.1. The van der Waals surface area contributed by atoms with E-state index >= 15 is 0 Å². The zero-order chi connectivity index (χ0) is 17.9. The molecule has 1 atom stereocenters. The maximum Gasteiger partial charge on any atom is 0.346 e. The first kappa shape index (κ1) is 17.2. The van der Waals surface area contributed by atoms with Gasteiger partial charge < -0.3 is 5.32 Å². The molecule has 1 aromatic carbocycles. The lowest BCUT2D eigenvalue weighted by atomic mass is 9.99. The maximum atomic E-state index is 12.8. The second kappa shape index (κ2) is 7.55. The molecular formula is C19H23N5OS. The Labute approximate surface area is 156 Å². The Kier molecular flexibility index (Phi) is 4.99. The van der Waals surface area contributed by atoms with Gasteiger partial charge in [0, 0.05) is 30.0 Å². The number of rotatable bonds is 5. The molecule has 1 saturated heterocycles. The van der Waals surface area contributed by atoms with E-state index in [1.807, 2.05) is 35.1 Å². The number of piperidine rings is 1. The fourth-order valence-electron chi connectivity index (χ4n) is 3.48. The Balaban J connectivity index is 1.60. The third kappa shape index (κ3) is 3.37. The first-order valence-corrected chi connectivity index (χ1v) is 10.0. The van der Waals surface area contributed by atoms with E-state index in [-0.39, 0.29) is 5.69 Å². The van der Waals surface area contributed by atoms with Crippen molar-refractivity contribution in [2.24, 2.45) is 0 Å². The van der Waals surface area contributed by atoms with E-state index < -0.39 is 0 Å². The third-order valence-electron chi connectivity index (χ3n) is 4.81. The van der Waals surface area contributed by atoms with Crippen LogP contribution in [0.25, 0.3) is 10.6 Å². The van der Waals surface area contributed by atoms with Gasteiger partial charge in [0.15, 0.2) is 0 Å². The summed E-state index contributed by atoms with van der Waals surface area (Å²) in [5, 5.41) is 11.1. The van der Waals surface area contributed by atoms with Crippen molar-refractivity contribution in [2.45, 2.75) is 38.8 Å². The van der Waals surface area contributed by atoms with Crippen LogP contribution in [0.4, 0.5) is 0 Å². The summed E-state index contributed by atoms with van der Waals surface area (Å²) in [6.07, 6.45) is 2.21. The maximum absolute atomic E-state index is 12.8. The monoisotopic (exact) mass is 369 g/mol. The topological polar surface area (TPSA) is 64.7 Å². The number of hydrogen-bond acceptors (Lipinski definition) is 5. The minimum Gasteiger partial charge on any atom is -0.316 e. The molecule has 0 spiro atoms. The van der Waals surface area contributed by atoms with Crippen molar-refractivity contribution in [3.05, 3.63) is 57.7 Å². The third-order valence-corrected chi connectivity index (χ3v) is 5.75. The van der Waals surface area contributed by atoms with E-state index in [2.05, 4.69) is 22.5 Å². The lowest BCUT2D eigenvalue weighted by Crippen LogP contribution is -2.31. The summed E-state index contributed by atoms with van der Waals surface area (Å²) in [6.45, 7) is 5.02. The Hall–Kier alpha value is -2.25. The molecule has 1 aliphatic heterocycles. The van der Waals surface area contributed by atoms with E-state index in [1.54, 1.807) is 16.0 Å². The highest BCUT2D eigenvalue weighted by Gasteiger charge is 2.23. The van der Waals surface area contributed by atoms with Crippen LogP contribution in [0.5, 0.6) is 0 Å². The quantitative estimate of drug-likeness (QED) is 0.751. The van der Waals surface area contributed by atoms with Gasteiger partial charge in [0.1, 0.15) is 10.8 Å². The van der Waals surface area contributed by atoms with Crippen molar-refractivity contribution in [1.82, 2.24) is 24.6 Å². The van der Waals surface area contributed by atoms with Crippen LogP contribution in [0.2, 0.25) is 0 Å².